The number of piperazine rings is 1. The number of hydrogen-bond donors (Lipinski definition) is 1. The highest BCUT2D eigenvalue weighted by Crippen LogP contribution is 2.14. The summed E-state index contributed by atoms with van der Waals surface area (Å²) in [5, 5.41) is 2.94. The van der Waals surface area contributed by atoms with Gasteiger partial charge in [-0.2, -0.15) is 13.2 Å². The van der Waals surface area contributed by atoms with Crippen LogP contribution in [0.15, 0.2) is 0 Å². The van der Waals surface area contributed by atoms with E-state index in [2.05, 4.69) is 33.7 Å². The second-order valence-electron chi connectivity index (χ2n) is 6.11. The van der Waals surface area contributed by atoms with E-state index in [-0.39, 0.29) is 12.6 Å². The number of rotatable bonds is 10. The SMILES string of the molecule is CCN(CC)CCNC(=O)N1CCN(CCCOCC(F)(F)F)CC1. The molecule has 0 atom stereocenters. The Kier molecular flexibility index (Phi) is 10.1. The zero-order valence-corrected chi connectivity index (χ0v) is 15.3. The fraction of sp³-hybridized carbons (Fsp3) is 0.938. The Morgan fingerprint density at radius 1 is 1.16 bits per heavy atom. The normalized spacial score (nSPS) is 16.5. The number of nitrogens with zero attached hydrogens (tertiary/aromatic N) is 3. The van der Waals surface area contributed by atoms with Crippen LogP contribution in [0.1, 0.15) is 20.3 Å². The molecule has 1 N–H and O–H groups in total. The number of likely N-dealkylation sites (N-methyl/N-ethyl adjacent to an activating group) is 1. The van der Waals surface area contributed by atoms with E-state index in [9.17, 15) is 18.0 Å². The van der Waals surface area contributed by atoms with Gasteiger partial charge in [-0.15, -0.1) is 0 Å². The number of carbonyl (C=O) groups excluding carboxylic acids is 1. The molecule has 0 aromatic rings. The number of amides is 2. The smallest absolute Gasteiger partial charge is 0.372 e. The van der Waals surface area contributed by atoms with Crippen LogP contribution in [-0.2, 0) is 4.74 Å². The van der Waals surface area contributed by atoms with Crippen molar-refractivity contribution in [3.63, 3.8) is 0 Å². The first-order chi connectivity index (χ1) is 11.9. The molecule has 0 saturated carbocycles. The fourth-order valence-electron chi connectivity index (χ4n) is 2.73. The first kappa shape index (κ1) is 22.0. The fourth-order valence-corrected chi connectivity index (χ4v) is 2.73. The van der Waals surface area contributed by atoms with Gasteiger partial charge in [-0.3, -0.25) is 4.90 Å². The summed E-state index contributed by atoms with van der Waals surface area (Å²) in [6, 6.07) is -0.0414. The van der Waals surface area contributed by atoms with Gasteiger partial charge in [-0.1, -0.05) is 13.8 Å². The lowest BCUT2D eigenvalue weighted by Crippen LogP contribution is -2.52. The third-order valence-electron chi connectivity index (χ3n) is 4.29. The second kappa shape index (κ2) is 11.5. The van der Waals surface area contributed by atoms with Crippen molar-refractivity contribution >= 4 is 6.03 Å². The lowest BCUT2D eigenvalue weighted by Gasteiger charge is -2.34. The minimum Gasteiger partial charge on any atom is -0.372 e. The number of ether oxygens (including phenoxy) is 1. The van der Waals surface area contributed by atoms with E-state index in [1.54, 1.807) is 4.90 Å². The van der Waals surface area contributed by atoms with Gasteiger partial charge < -0.3 is 19.9 Å². The summed E-state index contributed by atoms with van der Waals surface area (Å²) in [6.07, 6.45) is -3.70. The Bertz CT molecular complexity index is 371. The molecule has 2 amide bonds. The van der Waals surface area contributed by atoms with Gasteiger partial charge in [0.2, 0.25) is 0 Å². The van der Waals surface area contributed by atoms with Crippen molar-refractivity contribution in [2.75, 3.05) is 72.1 Å². The molecule has 0 bridgehead atoms. The van der Waals surface area contributed by atoms with Crippen molar-refractivity contribution in [1.29, 1.82) is 0 Å². The molecule has 1 aliphatic rings. The number of alkyl halides is 3. The summed E-state index contributed by atoms with van der Waals surface area (Å²) in [5.41, 5.74) is 0. The summed E-state index contributed by atoms with van der Waals surface area (Å²) in [6.45, 7) is 9.97. The van der Waals surface area contributed by atoms with Gasteiger partial charge >= 0.3 is 12.2 Å². The lowest BCUT2D eigenvalue weighted by atomic mass is 10.3. The van der Waals surface area contributed by atoms with Crippen molar-refractivity contribution in [2.45, 2.75) is 26.4 Å². The lowest BCUT2D eigenvalue weighted by molar-refractivity contribution is -0.174. The largest absolute Gasteiger partial charge is 0.411 e. The van der Waals surface area contributed by atoms with Crippen LogP contribution in [0.3, 0.4) is 0 Å². The number of hydrogen-bond acceptors (Lipinski definition) is 4. The third kappa shape index (κ3) is 9.86. The van der Waals surface area contributed by atoms with Crippen LogP contribution in [0.5, 0.6) is 0 Å². The molecular formula is C16H31F3N4O2. The number of nitrogens with one attached hydrogen (secondary N) is 1. The van der Waals surface area contributed by atoms with Crippen molar-refractivity contribution in [3.8, 4) is 0 Å². The maximum absolute atomic E-state index is 12.1. The molecule has 0 radical (unpaired) electrons. The zero-order valence-electron chi connectivity index (χ0n) is 15.3. The van der Waals surface area contributed by atoms with Crippen LogP contribution in [0.25, 0.3) is 0 Å². The first-order valence-electron chi connectivity index (χ1n) is 8.97. The second-order valence-corrected chi connectivity index (χ2v) is 6.11. The maximum Gasteiger partial charge on any atom is 0.411 e. The molecule has 0 aromatic carbocycles. The molecule has 0 spiro atoms. The topological polar surface area (TPSA) is 48.1 Å². The van der Waals surface area contributed by atoms with Gasteiger partial charge in [-0.05, 0) is 19.5 Å². The Labute approximate surface area is 148 Å². The quantitative estimate of drug-likeness (QED) is 0.596. The third-order valence-corrected chi connectivity index (χ3v) is 4.29. The summed E-state index contributed by atoms with van der Waals surface area (Å²) in [4.78, 5) is 18.3. The van der Waals surface area contributed by atoms with E-state index in [0.29, 0.717) is 32.6 Å². The minimum absolute atomic E-state index is 0.0414. The number of carbonyl (C=O) groups is 1. The molecule has 6 nitrogen and oxygen atoms in total. The summed E-state index contributed by atoms with van der Waals surface area (Å²) >= 11 is 0. The average molecular weight is 368 g/mol. The summed E-state index contributed by atoms with van der Waals surface area (Å²) in [5.74, 6) is 0. The summed E-state index contributed by atoms with van der Waals surface area (Å²) < 4.78 is 40.4. The van der Waals surface area contributed by atoms with E-state index in [0.717, 1.165) is 32.7 Å². The molecule has 0 unspecified atom stereocenters. The van der Waals surface area contributed by atoms with Crippen molar-refractivity contribution < 1.29 is 22.7 Å². The van der Waals surface area contributed by atoms with E-state index < -0.39 is 12.8 Å². The van der Waals surface area contributed by atoms with Gasteiger partial charge in [-0.25, -0.2) is 4.79 Å². The molecule has 1 rings (SSSR count). The van der Waals surface area contributed by atoms with E-state index >= 15 is 0 Å². The van der Waals surface area contributed by atoms with Gasteiger partial charge in [0.05, 0.1) is 0 Å². The van der Waals surface area contributed by atoms with Crippen molar-refractivity contribution in [2.24, 2.45) is 0 Å². The van der Waals surface area contributed by atoms with Crippen LogP contribution < -0.4 is 5.32 Å². The first-order valence-corrected chi connectivity index (χ1v) is 8.97. The van der Waals surface area contributed by atoms with Crippen LogP contribution in [0.2, 0.25) is 0 Å². The molecule has 9 heteroatoms. The summed E-state index contributed by atoms with van der Waals surface area (Å²) in [7, 11) is 0. The predicted octanol–water partition coefficient (Wildman–Crippen LogP) is 1.62. The minimum atomic E-state index is -4.26. The highest BCUT2D eigenvalue weighted by molar-refractivity contribution is 5.74. The van der Waals surface area contributed by atoms with Crippen molar-refractivity contribution in [1.82, 2.24) is 20.0 Å². The molecule has 1 fully saturated rings. The van der Waals surface area contributed by atoms with Gasteiger partial charge in [0.1, 0.15) is 6.61 Å². The standard InChI is InChI=1S/C16H31F3N4O2/c1-3-21(4-2)8-6-20-15(24)23-11-9-22(10-12-23)7-5-13-25-14-16(17,18)19/h3-14H2,1-2H3,(H,20,24). The van der Waals surface area contributed by atoms with Crippen molar-refractivity contribution in [3.05, 3.63) is 0 Å². The molecular weight excluding hydrogens is 337 g/mol. The van der Waals surface area contributed by atoms with Crippen LogP contribution in [0.4, 0.5) is 18.0 Å². The molecule has 1 saturated heterocycles. The molecule has 1 heterocycles. The van der Waals surface area contributed by atoms with Crippen LogP contribution >= 0.6 is 0 Å². The van der Waals surface area contributed by atoms with Gasteiger partial charge in [0.25, 0.3) is 0 Å². The number of urea groups is 1. The van der Waals surface area contributed by atoms with Gasteiger partial charge in [0, 0.05) is 52.4 Å². The van der Waals surface area contributed by atoms with Crippen LogP contribution in [-0.4, -0.2) is 99.0 Å². The molecule has 148 valence electrons. The monoisotopic (exact) mass is 368 g/mol. The maximum atomic E-state index is 12.1. The van der Waals surface area contributed by atoms with Gasteiger partial charge in [0.15, 0.2) is 0 Å². The van der Waals surface area contributed by atoms with E-state index in [4.69, 9.17) is 0 Å². The number of halogens is 3. The average Bonchev–Trinajstić information content (AvgIpc) is 2.58. The highest BCUT2D eigenvalue weighted by atomic mass is 19.4. The Morgan fingerprint density at radius 3 is 2.36 bits per heavy atom. The predicted molar refractivity (Wildman–Crippen MR) is 90.7 cm³/mol. The van der Waals surface area contributed by atoms with E-state index in [1.807, 2.05) is 0 Å². The van der Waals surface area contributed by atoms with Crippen LogP contribution in [0, 0.1) is 0 Å². The molecule has 0 aromatic heterocycles. The Hall–Kier alpha value is -1.06. The highest BCUT2D eigenvalue weighted by Gasteiger charge is 2.27. The zero-order chi connectivity index (χ0) is 18.7. The Balaban J connectivity index is 2.09. The Morgan fingerprint density at radius 2 is 1.80 bits per heavy atom. The molecule has 0 aliphatic carbocycles. The van der Waals surface area contributed by atoms with E-state index in [1.165, 1.54) is 0 Å². The molecule has 25 heavy (non-hydrogen) atoms. The molecule has 1 aliphatic heterocycles.